The first kappa shape index (κ1) is 22.6. The van der Waals surface area contributed by atoms with Crippen LogP contribution < -0.4 is 15.1 Å². The molecule has 10 heteroatoms. The highest BCUT2D eigenvalue weighted by molar-refractivity contribution is 5.67. The number of aliphatic hydroxyl groups is 1. The normalized spacial score (nSPS) is 15.7. The predicted octanol–water partition coefficient (Wildman–Crippen LogP) is 3.06. The molecule has 3 aromatic rings. The molecule has 2 aliphatic rings. The molecule has 1 aliphatic carbocycles. The van der Waals surface area contributed by atoms with E-state index in [0.29, 0.717) is 47.4 Å². The maximum Gasteiger partial charge on any atom is 0.245 e. The lowest BCUT2D eigenvalue weighted by Gasteiger charge is -2.28. The number of hydrogen-bond acceptors (Lipinski definition) is 8. The van der Waals surface area contributed by atoms with Gasteiger partial charge in [-0.25, -0.2) is 19.0 Å². The molecule has 0 bridgehead atoms. The Kier molecular flexibility index (Phi) is 6.16. The Hall–Kier alpha value is -4.23. The van der Waals surface area contributed by atoms with Crippen LogP contribution in [0.15, 0.2) is 66.1 Å². The highest BCUT2D eigenvalue weighted by Crippen LogP contribution is 2.25. The van der Waals surface area contributed by atoms with E-state index in [1.807, 2.05) is 37.2 Å². The summed E-state index contributed by atoms with van der Waals surface area (Å²) >= 11 is 0. The van der Waals surface area contributed by atoms with E-state index in [0.717, 1.165) is 18.8 Å². The van der Waals surface area contributed by atoms with Crippen molar-refractivity contribution in [2.45, 2.75) is 18.9 Å². The summed E-state index contributed by atoms with van der Waals surface area (Å²) in [7, 11) is 3.72. The SMILES string of the molecule is CN(C)c1cc(F)cc(-c2ccnc(NC3=C=C=C(n4cnc(N5CCC(O)CC5)n4)C=C3)n2)c1. The topological polar surface area (TPSA) is 95.2 Å². The van der Waals surface area contributed by atoms with E-state index >= 15 is 0 Å². The first-order valence-electron chi connectivity index (χ1n) is 11.3. The number of piperidine rings is 1. The fourth-order valence-electron chi connectivity index (χ4n) is 3.85. The number of nitrogens with one attached hydrogen (secondary N) is 1. The summed E-state index contributed by atoms with van der Waals surface area (Å²) in [5.74, 6) is 0.672. The molecule has 0 atom stereocenters. The van der Waals surface area contributed by atoms with Gasteiger partial charge in [0.25, 0.3) is 0 Å². The lowest BCUT2D eigenvalue weighted by atomic mass is 10.1. The molecular weight excluding hydrogens is 447 g/mol. The third-order valence-corrected chi connectivity index (χ3v) is 5.80. The van der Waals surface area contributed by atoms with Gasteiger partial charge in [0.1, 0.15) is 17.8 Å². The van der Waals surface area contributed by atoms with Gasteiger partial charge in [-0.3, -0.25) is 0 Å². The van der Waals surface area contributed by atoms with Gasteiger partial charge in [0.15, 0.2) is 0 Å². The number of anilines is 3. The van der Waals surface area contributed by atoms with E-state index in [2.05, 4.69) is 41.7 Å². The van der Waals surface area contributed by atoms with E-state index in [9.17, 15) is 9.50 Å². The highest BCUT2D eigenvalue weighted by atomic mass is 19.1. The quantitative estimate of drug-likeness (QED) is 0.529. The number of nitrogens with zero attached hydrogens (tertiary/aromatic N) is 7. The second-order valence-electron chi connectivity index (χ2n) is 8.57. The average Bonchev–Trinajstić information content (AvgIpc) is 3.35. The second kappa shape index (κ2) is 9.56. The van der Waals surface area contributed by atoms with Gasteiger partial charge in [-0.2, -0.15) is 4.98 Å². The number of aromatic nitrogens is 5. The largest absolute Gasteiger partial charge is 0.393 e. The standard InChI is InChI=1S/C25H25FN8O/c1-32(2)21-14-17(13-18(26)15-21)23-7-10-27-24(30-23)29-19-3-5-20(6-4-19)34-16-28-25(31-34)33-11-8-22(35)9-12-33/h3,5,7,10,13-16,22,35H,8-9,11-12H2,1-2H3,(H,27,29,30). The molecule has 2 N–H and O–H groups in total. The van der Waals surface area contributed by atoms with Crippen LogP contribution in [0.1, 0.15) is 12.8 Å². The lowest BCUT2D eigenvalue weighted by molar-refractivity contribution is 0.145. The van der Waals surface area contributed by atoms with Crippen LogP contribution in [0.5, 0.6) is 0 Å². The van der Waals surface area contributed by atoms with Crippen molar-refractivity contribution in [3.8, 4) is 11.3 Å². The van der Waals surface area contributed by atoms with Crippen LogP contribution in [0.25, 0.3) is 17.0 Å². The molecule has 2 aromatic heterocycles. The first-order valence-corrected chi connectivity index (χ1v) is 11.3. The van der Waals surface area contributed by atoms with Crippen molar-refractivity contribution in [2.24, 2.45) is 0 Å². The molecule has 3 heterocycles. The Morgan fingerprint density at radius 1 is 1.11 bits per heavy atom. The molecule has 0 radical (unpaired) electrons. The lowest BCUT2D eigenvalue weighted by Crippen LogP contribution is -2.36. The van der Waals surface area contributed by atoms with Gasteiger partial charge in [-0.15, -0.1) is 5.10 Å². The number of rotatable bonds is 6. The Balaban J connectivity index is 1.34. The molecule has 1 saturated heterocycles. The second-order valence-corrected chi connectivity index (χ2v) is 8.57. The van der Waals surface area contributed by atoms with Gasteiger partial charge in [-0.05, 0) is 60.7 Å². The van der Waals surface area contributed by atoms with Crippen molar-refractivity contribution in [3.05, 3.63) is 71.9 Å². The van der Waals surface area contributed by atoms with Gasteiger partial charge >= 0.3 is 0 Å². The van der Waals surface area contributed by atoms with E-state index < -0.39 is 0 Å². The van der Waals surface area contributed by atoms with Crippen LogP contribution in [0.3, 0.4) is 0 Å². The molecule has 9 nitrogen and oxygen atoms in total. The minimum Gasteiger partial charge on any atom is -0.393 e. The van der Waals surface area contributed by atoms with Crippen molar-refractivity contribution >= 4 is 23.3 Å². The molecule has 0 saturated carbocycles. The number of aliphatic hydroxyl groups excluding tert-OH is 1. The van der Waals surface area contributed by atoms with Crippen LogP contribution >= 0.6 is 0 Å². The average molecular weight is 473 g/mol. The Morgan fingerprint density at radius 2 is 1.94 bits per heavy atom. The van der Waals surface area contributed by atoms with Crippen molar-refractivity contribution in [1.82, 2.24) is 24.7 Å². The van der Waals surface area contributed by atoms with Crippen molar-refractivity contribution < 1.29 is 9.50 Å². The fourth-order valence-corrected chi connectivity index (χ4v) is 3.85. The van der Waals surface area contributed by atoms with Crippen molar-refractivity contribution in [3.63, 3.8) is 0 Å². The third-order valence-electron chi connectivity index (χ3n) is 5.80. The summed E-state index contributed by atoms with van der Waals surface area (Å²) in [5.41, 5.74) is 9.46. The van der Waals surface area contributed by atoms with Gasteiger partial charge in [0.05, 0.1) is 17.5 Å². The van der Waals surface area contributed by atoms with Gasteiger partial charge < -0.3 is 20.2 Å². The maximum absolute atomic E-state index is 14.1. The van der Waals surface area contributed by atoms with E-state index in [-0.39, 0.29) is 11.9 Å². The molecule has 0 spiro atoms. The number of halogens is 1. The Labute approximate surface area is 202 Å². The van der Waals surface area contributed by atoms with E-state index in [1.54, 1.807) is 23.3 Å². The van der Waals surface area contributed by atoms with Crippen LogP contribution in [-0.2, 0) is 0 Å². The summed E-state index contributed by atoms with van der Waals surface area (Å²) in [6.07, 6.45) is 8.12. The van der Waals surface area contributed by atoms with E-state index in [1.165, 1.54) is 12.1 Å². The fraction of sp³-hybridized carbons (Fsp3) is 0.280. The summed E-state index contributed by atoms with van der Waals surface area (Å²) in [6.45, 7) is 1.46. The van der Waals surface area contributed by atoms with Gasteiger partial charge in [0, 0.05) is 44.6 Å². The molecule has 35 heavy (non-hydrogen) atoms. The molecular formula is C25H25FN8O. The minimum atomic E-state index is -0.327. The maximum atomic E-state index is 14.1. The number of allylic oxidation sites excluding steroid dienone is 3. The monoisotopic (exact) mass is 472 g/mol. The third kappa shape index (κ3) is 5.15. The number of hydrogen-bond donors (Lipinski definition) is 2. The first-order chi connectivity index (χ1) is 16.9. The summed E-state index contributed by atoms with van der Waals surface area (Å²) in [5, 5.41) is 17.3. The molecule has 1 aromatic carbocycles. The summed E-state index contributed by atoms with van der Waals surface area (Å²) < 4.78 is 15.7. The van der Waals surface area contributed by atoms with E-state index in [4.69, 9.17) is 0 Å². The Bertz CT molecular complexity index is 1370. The highest BCUT2D eigenvalue weighted by Gasteiger charge is 2.20. The zero-order valence-corrected chi connectivity index (χ0v) is 19.5. The predicted molar refractivity (Wildman–Crippen MR) is 132 cm³/mol. The molecule has 5 rings (SSSR count). The smallest absolute Gasteiger partial charge is 0.245 e. The van der Waals surface area contributed by atoms with Crippen LogP contribution in [-0.4, -0.2) is 63.1 Å². The van der Waals surface area contributed by atoms with Gasteiger partial charge in [-0.1, -0.05) is 0 Å². The Morgan fingerprint density at radius 3 is 2.69 bits per heavy atom. The van der Waals surface area contributed by atoms with Crippen molar-refractivity contribution in [2.75, 3.05) is 42.3 Å². The molecule has 178 valence electrons. The van der Waals surface area contributed by atoms with Crippen LogP contribution in [0.4, 0.5) is 22.0 Å². The van der Waals surface area contributed by atoms with Crippen molar-refractivity contribution in [1.29, 1.82) is 0 Å². The molecule has 0 amide bonds. The molecule has 1 aliphatic heterocycles. The number of benzene rings is 1. The molecule has 1 fully saturated rings. The van der Waals surface area contributed by atoms with Crippen LogP contribution in [0, 0.1) is 5.82 Å². The van der Waals surface area contributed by atoms with Crippen LogP contribution in [0.2, 0.25) is 0 Å². The zero-order chi connectivity index (χ0) is 24.4. The molecule has 0 unspecified atom stereocenters. The van der Waals surface area contributed by atoms with Gasteiger partial charge in [0.2, 0.25) is 11.9 Å². The summed E-state index contributed by atoms with van der Waals surface area (Å²) in [4.78, 5) is 17.1. The minimum absolute atomic E-state index is 0.245. The zero-order valence-electron chi connectivity index (χ0n) is 19.5. The summed E-state index contributed by atoms with van der Waals surface area (Å²) in [6, 6.07) is 6.55.